The highest BCUT2D eigenvalue weighted by molar-refractivity contribution is 8.01. The van der Waals surface area contributed by atoms with Crippen LogP contribution in [0.4, 0.5) is 5.69 Å². The highest BCUT2D eigenvalue weighted by Crippen LogP contribution is 2.47. The van der Waals surface area contributed by atoms with Gasteiger partial charge < -0.3 is 15.0 Å². The number of carbonyl (C=O) groups excluding carboxylic acids is 3. The molecule has 7 nitrogen and oxygen atoms in total. The highest BCUT2D eigenvalue weighted by atomic mass is 35.5. The minimum Gasteiger partial charge on any atom is -0.451 e. The number of hydrogen-bond acceptors (Lipinski definition) is 6. The molecule has 0 saturated carbocycles. The van der Waals surface area contributed by atoms with Gasteiger partial charge in [-0.3, -0.25) is 9.59 Å². The van der Waals surface area contributed by atoms with E-state index in [1.165, 1.54) is 19.1 Å². The van der Waals surface area contributed by atoms with Gasteiger partial charge in [-0.25, -0.2) is 4.79 Å². The lowest BCUT2D eigenvalue weighted by atomic mass is 10.2. The summed E-state index contributed by atoms with van der Waals surface area (Å²) < 4.78 is 5.30. The molecule has 2 amide bonds. The summed E-state index contributed by atoms with van der Waals surface area (Å²) >= 11 is 7.50. The zero-order valence-electron chi connectivity index (χ0n) is 14.8. The van der Waals surface area contributed by atoms with Crippen LogP contribution < -0.4 is 5.32 Å². The number of ether oxygens (including phenoxy) is 1. The summed E-state index contributed by atoms with van der Waals surface area (Å²) in [6, 6.07) is 5.74. The van der Waals surface area contributed by atoms with Gasteiger partial charge in [0.1, 0.15) is 12.1 Å². The summed E-state index contributed by atoms with van der Waals surface area (Å²) in [4.78, 5) is 38.1. The van der Waals surface area contributed by atoms with Gasteiger partial charge in [0.2, 0.25) is 5.91 Å². The van der Waals surface area contributed by atoms with Gasteiger partial charge in [-0.15, -0.1) is 11.8 Å². The lowest BCUT2D eigenvalue weighted by molar-refractivity contribution is -0.160. The van der Waals surface area contributed by atoms with E-state index in [4.69, 9.17) is 21.6 Å². The van der Waals surface area contributed by atoms with Crippen molar-refractivity contribution in [2.75, 3.05) is 11.1 Å². The van der Waals surface area contributed by atoms with Crippen molar-refractivity contribution in [2.24, 2.45) is 0 Å². The number of esters is 1. The first-order valence-corrected chi connectivity index (χ1v) is 9.78. The zero-order valence-corrected chi connectivity index (χ0v) is 16.4. The maximum Gasteiger partial charge on any atom is 0.330 e. The van der Waals surface area contributed by atoms with E-state index >= 15 is 0 Å². The maximum absolute atomic E-state index is 12.5. The highest BCUT2D eigenvalue weighted by Gasteiger charge is 2.53. The van der Waals surface area contributed by atoms with Crippen LogP contribution in [0.5, 0.6) is 0 Å². The SMILES string of the molecule is C[C@H](OC(=O)[C@@H]1CS[C@@]2(C)CCC(=O)N12)C(=O)Nc1ccc(C#N)c(Cl)c1. The van der Waals surface area contributed by atoms with E-state index < -0.39 is 24.0 Å². The fraction of sp³-hybridized carbons (Fsp3) is 0.444. The van der Waals surface area contributed by atoms with Crippen LogP contribution in [-0.2, 0) is 19.1 Å². The Morgan fingerprint density at radius 1 is 1.52 bits per heavy atom. The summed E-state index contributed by atoms with van der Waals surface area (Å²) in [6.45, 7) is 3.41. The van der Waals surface area contributed by atoms with Crippen molar-refractivity contribution < 1.29 is 19.1 Å². The van der Waals surface area contributed by atoms with Gasteiger partial charge in [-0.2, -0.15) is 5.26 Å². The van der Waals surface area contributed by atoms with Crippen LogP contribution >= 0.6 is 23.4 Å². The predicted octanol–water partition coefficient (Wildman–Crippen LogP) is 2.54. The number of anilines is 1. The third-order valence-electron chi connectivity index (χ3n) is 4.74. The molecule has 0 aliphatic carbocycles. The molecule has 0 aromatic heterocycles. The third-order valence-corrected chi connectivity index (χ3v) is 6.55. The number of benzene rings is 1. The van der Waals surface area contributed by atoms with Gasteiger partial charge in [0.05, 0.1) is 15.5 Å². The smallest absolute Gasteiger partial charge is 0.330 e. The molecule has 142 valence electrons. The second kappa shape index (κ2) is 7.41. The van der Waals surface area contributed by atoms with E-state index in [1.807, 2.05) is 13.0 Å². The Hall–Kier alpha value is -2.24. The van der Waals surface area contributed by atoms with Gasteiger partial charge in [-0.05, 0) is 38.5 Å². The maximum atomic E-state index is 12.5. The summed E-state index contributed by atoms with van der Waals surface area (Å²) in [6.07, 6.45) is 0.0833. The second-order valence-electron chi connectivity index (χ2n) is 6.64. The molecular formula is C18H18ClN3O4S. The number of halogens is 1. The van der Waals surface area contributed by atoms with Gasteiger partial charge in [0, 0.05) is 17.9 Å². The van der Waals surface area contributed by atoms with E-state index in [-0.39, 0.29) is 15.8 Å². The minimum atomic E-state index is -1.04. The Morgan fingerprint density at radius 3 is 2.93 bits per heavy atom. The number of nitriles is 1. The van der Waals surface area contributed by atoms with E-state index in [9.17, 15) is 14.4 Å². The standard InChI is InChI=1S/C18H18ClN3O4S/c1-10(16(24)21-12-4-3-11(8-20)13(19)7-12)26-17(25)14-9-27-18(2)6-5-15(23)22(14)18/h3-4,7,10,14H,5-6,9H2,1-2H3,(H,21,24)/t10-,14-,18-/m0/s1. The molecule has 2 saturated heterocycles. The van der Waals surface area contributed by atoms with E-state index in [0.29, 0.717) is 29.8 Å². The normalized spacial score (nSPS) is 24.9. The molecule has 0 unspecified atom stereocenters. The molecule has 3 rings (SSSR count). The number of rotatable bonds is 4. The first kappa shape index (κ1) is 19.5. The first-order chi connectivity index (χ1) is 12.7. The molecule has 2 aliphatic rings. The van der Waals surface area contributed by atoms with Crippen molar-refractivity contribution in [1.29, 1.82) is 5.26 Å². The molecule has 2 heterocycles. The number of amides is 2. The van der Waals surface area contributed by atoms with Crippen molar-refractivity contribution in [1.82, 2.24) is 4.90 Å². The monoisotopic (exact) mass is 407 g/mol. The Bertz CT molecular complexity index is 855. The van der Waals surface area contributed by atoms with Crippen molar-refractivity contribution in [3.63, 3.8) is 0 Å². The lowest BCUT2D eigenvalue weighted by Crippen LogP contribution is -2.48. The van der Waals surface area contributed by atoms with Crippen molar-refractivity contribution in [2.45, 2.75) is 43.7 Å². The number of thioether (sulfide) groups is 1. The molecule has 2 aliphatic heterocycles. The van der Waals surface area contributed by atoms with Crippen LogP contribution in [0.25, 0.3) is 0 Å². The Morgan fingerprint density at radius 2 is 2.26 bits per heavy atom. The van der Waals surface area contributed by atoms with Crippen molar-refractivity contribution in [3.8, 4) is 6.07 Å². The molecule has 27 heavy (non-hydrogen) atoms. The number of hydrogen-bond donors (Lipinski definition) is 1. The van der Waals surface area contributed by atoms with E-state index in [0.717, 1.165) is 0 Å². The van der Waals surface area contributed by atoms with E-state index in [2.05, 4.69) is 5.32 Å². The van der Waals surface area contributed by atoms with Gasteiger partial charge in [0.25, 0.3) is 5.91 Å². The fourth-order valence-corrected chi connectivity index (χ4v) is 4.87. The minimum absolute atomic E-state index is 0.0613. The number of fused-ring (bicyclic) bond motifs is 1. The molecule has 9 heteroatoms. The quantitative estimate of drug-likeness (QED) is 0.770. The van der Waals surface area contributed by atoms with Gasteiger partial charge >= 0.3 is 5.97 Å². The van der Waals surface area contributed by atoms with Gasteiger partial charge in [0.15, 0.2) is 6.10 Å². The average Bonchev–Trinajstić information content (AvgIpc) is 3.11. The Kier molecular flexibility index (Phi) is 5.36. The number of carbonyl (C=O) groups is 3. The Labute approximate surface area is 166 Å². The van der Waals surface area contributed by atoms with Crippen molar-refractivity contribution in [3.05, 3.63) is 28.8 Å². The first-order valence-electron chi connectivity index (χ1n) is 8.42. The lowest BCUT2D eigenvalue weighted by Gasteiger charge is -2.29. The third kappa shape index (κ3) is 3.75. The van der Waals surface area contributed by atoms with Gasteiger partial charge in [-0.1, -0.05) is 11.6 Å². The molecule has 1 N–H and O–H groups in total. The summed E-state index contributed by atoms with van der Waals surface area (Å²) in [5.41, 5.74) is 0.692. The summed E-state index contributed by atoms with van der Waals surface area (Å²) in [5, 5.41) is 11.7. The molecular weight excluding hydrogens is 390 g/mol. The number of nitrogens with zero attached hydrogens (tertiary/aromatic N) is 2. The molecule has 2 fully saturated rings. The largest absolute Gasteiger partial charge is 0.451 e. The van der Waals surface area contributed by atoms with Crippen LogP contribution in [0.15, 0.2) is 18.2 Å². The van der Waals surface area contributed by atoms with Crippen LogP contribution in [-0.4, -0.2) is 45.5 Å². The molecule has 1 aromatic carbocycles. The summed E-state index contributed by atoms with van der Waals surface area (Å²) in [7, 11) is 0. The summed E-state index contributed by atoms with van der Waals surface area (Å²) in [5.74, 6) is -0.707. The molecule has 0 spiro atoms. The Balaban J connectivity index is 1.61. The zero-order chi connectivity index (χ0) is 19.8. The van der Waals surface area contributed by atoms with Crippen LogP contribution in [0.3, 0.4) is 0 Å². The molecule has 1 aromatic rings. The van der Waals surface area contributed by atoms with Crippen LogP contribution in [0, 0.1) is 11.3 Å². The van der Waals surface area contributed by atoms with E-state index in [1.54, 1.807) is 22.7 Å². The molecule has 0 radical (unpaired) electrons. The second-order valence-corrected chi connectivity index (χ2v) is 8.55. The number of nitrogens with one attached hydrogen (secondary N) is 1. The average molecular weight is 408 g/mol. The van der Waals surface area contributed by atoms with Crippen LogP contribution in [0.2, 0.25) is 5.02 Å². The predicted molar refractivity (Wildman–Crippen MR) is 101 cm³/mol. The fourth-order valence-electron chi connectivity index (χ4n) is 3.23. The van der Waals surface area contributed by atoms with Crippen LogP contribution in [0.1, 0.15) is 32.3 Å². The topological polar surface area (TPSA) is 99.5 Å². The molecule has 3 atom stereocenters. The molecule has 0 bridgehead atoms. The van der Waals surface area contributed by atoms with Crippen molar-refractivity contribution >= 4 is 46.8 Å².